The Morgan fingerprint density at radius 3 is 2.40 bits per heavy atom. The van der Waals surface area contributed by atoms with Crippen LogP contribution in [0, 0.1) is 0 Å². The molecule has 0 bridgehead atoms. The van der Waals surface area contributed by atoms with Gasteiger partial charge in [0.2, 0.25) is 5.91 Å². The number of halogens is 5. The Kier molecular flexibility index (Phi) is 6.37. The molecular weight excluding hydrogens is 415 g/mol. The van der Waals surface area contributed by atoms with E-state index in [0.717, 1.165) is 35.6 Å². The van der Waals surface area contributed by atoms with Crippen LogP contribution in [0.25, 0.3) is 0 Å². The summed E-state index contributed by atoms with van der Waals surface area (Å²) in [5.41, 5.74) is 0. The van der Waals surface area contributed by atoms with Crippen LogP contribution in [0.3, 0.4) is 0 Å². The minimum Gasteiger partial charge on any atom is -0.410 e. The van der Waals surface area contributed by atoms with Crippen LogP contribution in [0.5, 0.6) is 11.5 Å². The molecule has 1 aromatic rings. The van der Waals surface area contributed by atoms with E-state index in [2.05, 4.69) is 4.74 Å². The fraction of sp³-hybridized carbons (Fsp3) is 0.579. The van der Waals surface area contributed by atoms with Crippen molar-refractivity contribution in [2.75, 3.05) is 19.6 Å². The van der Waals surface area contributed by atoms with Crippen LogP contribution in [0.4, 0.5) is 26.7 Å². The number of nitrogens with zero attached hydrogens (tertiary/aromatic N) is 2. The number of amides is 2. The van der Waals surface area contributed by atoms with E-state index in [-0.39, 0.29) is 18.2 Å². The number of piperidine rings is 1. The molecule has 0 aromatic heterocycles. The van der Waals surface area contributed by atoms with E-state index >= 15 is 0 Å². The van der Waals surface area contributed by atoms with Gasteiger partial charge in [-0.3, -0.25) is 9.69 Å². The van der Waals surface area contributed by atoms with E-state index in [9.17, 15) is 31.5 Å². The maximum Gasteiger partial charge on any atom is 0.573 e. The lowest BCUT2D eigenvalue weighted by molar-refractivity contribution is -0.274. The fourth-order valence-corrected chi connectivity index (χ4v) is 3.68. The average molecular weight is 436 g/mol. The molecule has 2 aliphatic heterocycles. The number of alkyl halides is 5. The Bertz CT molecular complexity index is 769. The number of rotatable bonds is 3. The van der Waals surface area contributed by atoms with Gasteiger partial charge in [-0.2, -0.15) is 0 Å². The maximum absolute atomic E-state index is 14.3. The topological polar surface area (TPSA) is 59.1 Å². The summed E-state index contributed by atoms with van der Waals surface area (Å²) in [4.78, 5) is 26.9. The number of carbonyl (C=O) groups is 2. The van der Waals surface area contributed by atoms with E-state index in [4.69, 9.17) is 4.74 Å². The molecule has 2 heterocycles. The minimum absolute atomic E-state index is 0.102. The highest BCUT2D eigenvalue weighted by Crippen LogP contribution is 2.32. The van der Waals surface area contributed by atoms with Gasteiger partial charge in [-0.1, -0.05) is 6.42 Å². The quantitative estimate of drug-likeness (QED) is 0.667. The second-order valence-electron chi connectivity index (χ2n) is 7.38. The summed E-state index contributed by atoms with van der Waals surface area (Å²) in [6, 6.07) is 3.20. The van der Waals surface area contributed by atoms with Crippen LogP contribution in [0.1, 0.15) is 32.1 Å². The molecule has 2 saturated heterocycles. The number of hydrogen-bond acceptors (Lipinski definition) is 4. The summed E-state index contributed by atoms with van der Waals surface area (Å²) >= 11 is 0. The molecule has 0 N–H and O–H groups in total. The first kappa shape index (κ1) is 22.1. The SMILES string of the molecule is O=C(Oc1ccc(OC(F)(F)F)cc1)N1CC(N2CCCCCC2=O)CC(F)(F)C1. The summed E-state index contributed by atoms with van der Waals surface area (Å²) < 4.78 is 73.9. The van der Waals surface area contributed by atoms with Crippen molar-refractivity contribution < 1.29 is 41.0 Å². The van der Waals surface area contributed by atoms with Gasteiger partial charge in [0.05, 0.1) is 12.6 Å². The smallest absolute Gasteiger partial charge is 0.410 e. The normalized spacial score (nSPS) is 22.4. The van der Waals surface area contributed by atoms with E-state index in [1.54, 1.807) is 0 Å². The van der Waals surface area contributed by atoms with Crippen molar-refractivity contribution in [2.45, 2.75) is 50.4 Å². The summed E-state index contributed by atoms with van der Waals surface area (Å²) in [7, 11) is 0. The molecule has 0 aliphatic carbocycles. The second kappa shape index (κ2) is 8.65. The van der Waals surface area contributed by atoms with Gasteiger partial charge in [0.1, 0.15) is 11.5 Å². The molecule has 2 fully saturated rings. The summed E-state index contributed by atoms with van der Waals surface area (Å²) in [5, 5.41) is 0. The number of benzene rings is 1. The first-order valence-corrected chi connectivity index (χ1v) is 9.52. The molecule has 2 aliphatic rings. The van der Waals surface area contributed by atoms with Crippen LogP contribution >= 0.6 is 0 Å². The summed E-state index contributed by atoms with van der Waals surface area (Å²) in [6.07, 6.45) is -3.91. The third-order valence-corrected chi connectivity index (χ3v) is 4.96. The predicted molar refractivity (Wildman–Crippen MR) is 94.3 cm³/mol. The molecule has 1 aromatic carbocycles. The predicted octanol–water partition coefficient (Wildman–Crippen LogP) is 4.20. The fourth-order valence-electron chi connectivity index (χ4n) is 3.68. The van der Waals surface area contributed by atoms with Gasteiger partial charge in [-0.25, -0.2) is 13.6 Å². The molecule has 0 radical (unpaired) electrons. The molecule has 3 rings (SSSR count). The van der Waals surface area contributed by atoms with Crippen molar-refractivity contribution in [3.8, 4) is 11.5 Å². The highest BCUT2D eigenvalue weighted by Gasteiger charge is 2.45. The van der Waals surface area contributed by atoms with E-state index in [1.807, 2.05) is 0 Å². The van der Waals surface area contributed by atoms with Gasteiger partial charge >= 0.3 is 12.5 Å². The third kappa shape index (κ3) is 5.96. The molecule has 30 heavy (non-hydrogen) atoms. The molecular formula is C19H21F5N2O4. The highest BCUT2D eigenvalue weighted by atomic mass is 19.4. The maximum atomic E-state index is 14.3. The van der Waals surface area contributed by atoms with Crippen LogP contribution < -0.4 is 9.47 Å². The lowest BCUT2D eigenvalue weighted by Crippen LogP contribution is -2.58. The molecule has 166 valence electrons. The molecule has 1 atom stereocenters. The Hall–Kier alpha value is -2.59. The zero-order valence-corrected chi connectivity index (χ0v) is 16.0. The van der Waals surface area contributed by atoms with Crippen molar-refractivity contribution in [2.24, 2.45) is 0 Å². The number of hydrogen-bond donors (Lipinski definition) is 0. The van der Waals surface area contributed by atoms with Gasteiger partial charge in [0.25, 0.3) is 5.92 Å². The van der Waals surface area contributed by atoms with Crippen LogP contribution in [-0.2, 0) is 4.79 Å². The first-order chi connectivity index (χ1) is 14.0. The van der Waals surface area contributed by atoms with Gasteiger partial charge in [0.15, 0.2) is 0 Å². The van der Waals surface area contributed by atoms with Gasteiger partial charge in [-0.05, 0) is 37.1 Å². The Morgan fingerprint density at radius 1 is 1.07 bits per heavy atom. The lowest BCUT2D eigenvalue weighted by atomic mass is 10.0. The molecule has 0 spiro atoms. The summed E-state index contributed by atoms with van der Waals surface area (Å²) in [6.45, 7) is -0.599. The Balaban J connectivity index is 1.66. The van der Waals surface area contributed by atoms with Crippen molar-refractivity contribution >= 4 is 12.0 Å². The van der Waals surface area contributed by atoms with Crippen molar-refractivity contribution in [1.82, 2.24) is 9.80 Å². The monoisotopic (exact) mass is 436 g/mol. The lowest BCUT2D eigenvalue weighted by Gasteiger charge is -2.41. The standard InChI is InChI=1S/C19H21F5N2O4/c20-18(21)10-13(26-9-3-1-2-4-16(26)27)11-25(12-18)17(28)29-14-5-7-15(8-6-14)30-19(22,23)24/h5-8,13H,1-4,9-12H2. The molecule has 6 nitrogen and oxygen atoms in total. The Morgan fingerprint density at radius 2 is 1.73 bits per heavy atom. The zero-order chi connectivity index (χ0) is 21.9. The number of likely N-dealkylation sites (tertiary alicyclic amines) is 2. The molecule has 0 saturated carbocycles. The van der Waals surface area contributed by atoms with Crippen molar-refractivity contribution in [3.63, 3.8) is 0 Å². The third-order valence-electron chi connectivity index (χ3n) is 4.96. The van der Waals surface area contributed by atoms with E-state index in [1.165, 1.54) is 4.90 Å². The Labute approximate surface area is 169 Å². The molecule has 2 amide bonds. The van der Waals surface area contributed by atoms with E-state index in [0.29, 0.717) is 25.8 Å². The molecule has 1 unspecified atom stereocenters. The average Bonchev–Trinajstić information content (AvgIpc) is 2.85. The highest BCUT2D eigenvalue weighted by molar-refractivity contribution is 5.77. The first-order valence-electron chi connectivity index (χ1n) is 9.52. The molecule has 11 heteroatoms. The number of ether oxygens (including phenoxy) is 2. The van der Waals surface area contributed by atoms with Crippen LogP contribution in [-0.4, -0.2) is 59.8 Å². The largest absolute Gasteiger partial charge is 0.573 e. The van der Waals surface area contributed by atoms with Gasteiger partial charge < -0.3 is 14.4 Å². The van der Waals surface area contributed by atoms with Gasteiger partial charge in [0, 0.05) is 25.9 Å². The second-order valence-corrected chi connectivity index (χ2v) is 7.38. The van der Waals surface area contributed by atoms with Crippen LogP contribution in [0.2, 0.25) is 0 Å². The van der Waals surface area contributed by atoms with Crippen molar-refractivity contribution in [1.29, 1.82) is 0 Å². The number of carbonyl (C=O) groups excluding carboxylic acids is 2. The summed E-state index contributed by atoms with van der Waals surface area (Å²) in [5.74, 6) is -4.03. The van der Waals surface area contributed by atoms with Crippen LogP contribution in [0.15, 0.2) is 24.3 Å². The van der Waals surface area contributed by atoms with E-state index < -0.39 is 43.1 Å². The minimum atomic E-state index is -4.86. The zero-order valence-electron chi connectivity index (χ0n) is 16.0. The van der Waals surface area contributed by atoms with Gasteiger partial charge in [-0.15, -0.1) is 13.2 Å². The van der Waals surface area contributed by atoms with Crippen molar-refractivity contribution in [3.05, 3.63) is 24.3 Å².